The maximum Gasteiger partial charge on any atom is 0.246 e. The van der Waals surface area contributed by atoms with Crippen LogP contribution in [0.3, 0.4) is 0 Å². The molecule has 3 aromatic rings. The van der Waals surface area contributed by atoms with Gasteiger partial charge in [-0.3, -0.25) is 4.79 Å². The number of aryl methyl sites for hydroxylation is 1. The van der Waals surface area contributed by atoms with E-state index in [9.17, 15) is 10.1 Å². The van der Waals surface area contributed by atoms with E-state index in [0.29, 0.717) is 52.2 Å². The number of rotatable bonds is 7. The van der Waals surface area contributed by atoms with Crippen LogP contribution >= 0.6 is 22.9 Å². The molecule has 244 valence electrons. The van der Waals surface area contributed by atoms with Gasteiger partial charge in [-0.05, 0) is 79.5 Å². The number of amides is 1. The first-order valence-corrected chi connectivity index (χ1v) is 17.1. The van der Waals surface area contributed by atoms with Crippen molar-refractivity contribution in [2.75, 3.05) is 42.6 Å². The number of nitrogens with one attached hydrogen (secondary N) is 1. The summed E-state index contributed by atoms with van der Waals surface area (Å²) in [6, 6.07) is 2.49. The highest BCUT2D eigenvalue weighted by Crippen LogP contribution is 2.48. The van der Waals surface area contributed by atoms with E-state index in [1.54, 1.807) is 0 Å². The highest BCUT2D eigenvalue weighted by atomic mass is 35.5. The Morgan fingerprint density at radius 1 is 1.26 bits per heavy atom. The first kappa shape index (κ1) is 32.2. The summed E-state index contributed by atoms with van der Waals surface area (Å²) in [5.41, 5.74) is 6.94. The van der Waals surface area contributed by atoms with Gasteiger partial charge in [0.1, 0.15) is 16.1 Å². The van der Waals surface area contributed by atoms with E-state index >= 15 is 0 Å². The largest absolute Gasteiger partial charge is 0.389 e. The molecule has 3 aliphatic rings. The molecule has 0 aromatic carbocycles. The van der Waals surface area contributed by atoms with Gasteiger partial charge in [0.15, 0.2) is 11.6 Å². The van der Waals surface area contributed by atoms with E-state index in [4.69, 9.17) is 36.8 Å². The zero-order valence-corrected chi connectivity index (χ0v) is 28.6. The Kier molecular flexibility index (Phi) is 8.73. The van der Waals surface area contributed by atoms with Crippen LogP contribution in [0.1, 0.15) is 75.3 Å². The summed E-state index contributed by atoms with van der Waals surface area (Å²) in [6.45, 7) is 14.0. The topological polar surface area (TPSA) is 153 Å². The minimum atomic E-state index is -0.672. The van der Waals surface area contributed by atoms with Crippen molar-refractivity contribution in [3.05, 3.63) is 39.6 Å². The zero-order valence-electron chi connectivity index (χ0n) is 27.0. The average molecular weight is 665 g/mol. The Balaban J connectivity index is 1.40. The molecule has 46 heavy (non-hydrogen) atoms. The molecular formula is C32H41ClN10O2S. The fourth-order valence-electron chi connectivity index (χ4n) is 7.60. The third-order valence-electron chi connectivity index (χ3n) is 9.85. The number of nitrogen functional groups attached to an aromatic ring is 1. The molecule has 0 radical (unpaired) electrons. The highest BCUT2D eigenvalue weighted by molar-refractivity contribution is 7.16. The van der Waals surface area contributed by atoms with Crippen LogP contribution in [0.25, 0.3) is 11.6 Å². The third-order valence-corrected chi connectivity index (χ3v) is 11.3. The van der Waals surface area contributed by atoms with Crippen LogP contribution in [-0.4, -0.2) is 86.7 Å². The van der Waals surface area contributed by atoms with Crippen LogP contribution in [0.4, 0.5) is 16.6 Å². The number of anilines is 3. The number of nitrogens with zero attached hydrogens (tertiary/aromatic N) is 8. The van der Waals surface area contributed by atoms with Crippen LogP contribution in [0.5, 0.6) is 0 Å². The van der Waals surface area contributed by atoms with Crippen molar-refractivity contribution >= 4 is 45.5 Å². The second-order valence-electron chi connectivity index (χ2n) is 13.1. The number of aromatic nitrogens is 4. The second kappa shape index (κ2) is 12.5. The molecule has 3 N–H and O–H groups in total. The van der Waals surface area contributed by atoms with Gasteiger partial charge in [-0.25, -0.2) is 9.97 Å². The minimum Gasteiger partial charge on any atom is -0.389 e. The number of halogens is 1. The summed E-state index contributed by atoms with van der Waals surface area (Å²) in [5, 5.41) is 18.8. The third kappa shape index (κ3) is 5.50. The molecule has 2 fully saturated rings. The van der Waals surface area contributed by atoms with Gasteiger partial charge in [-0.2, -0.15) is 10.2 Å². The maximum absolute atomic E-state index is 12.6. The van der Waals surface area contributed by atoms with Crippen molar-refractivity contribution in [1.29, 1.82) is 5.26 Å². The Bertz CT molecular complexity index is 1690. The Morgan fingerprint density at radius 2 is 2.00 bits per heavy atom. The quantitative estimate of drug-likeness (QED) is 0.334. The molecule has 0 saturated carbocycles. The highest BCUT2D eigenvalue weighted by Gasteiger charge is 2.43. The van der Waals surface area contributed by atoms with Crippen molar-refractivity contribution in [2.24, 2.45) is 0 Å². The predicted octanol–water partition coefficient (Wildman–Crippen LogP) is 4.84. The van der Waals surface area contributed by atoms with Crippen LogP contribution in [0, 0.1) is 11.3 Å². The zero-order chi connectivity index (χ0) is 32.9. The number of likely N-dealkylation sites (tertiary alicyclic amines) is 1. The Labute approximate surface area is 278 Å². The minimum absolute atomic E-state index is 0.0642. The molecule has 5 atom stereocenters. The number of piperazine rings is 1. The molecule has 6 rings (SSSR count). The van der Waals surface area contributed by atoms with Gasteiger partial charge in [0.2, 0.25) is 23.4 Å². The summed E-state index contributed by atoms with van der Waals surface area (Å²) in [7, 11) is 2.14. The summed E-state index contributed by atoms with van der Waals surface area (Å²) < 4.78 is 5.93. The number of fused-ring (bicyclic) bond motifs is 1. The van der Waals surface area contributed by atoms with E-state index in [-0.39, 0.29) is 35.7 Å². The van der Waals surface area contributed by atoms with Crippen molar-refractivity contribution in [3.8, 4) is 17.7 Å². The predicted molar refractivity (Wildman–Crippen MR) is 180 cm³/mol. The Morgan fingerprint density at radius 3 is 2.65 bits per heavy atom. The number of nitrogens with two attached hydrogens (primary N) is 1. The van der Waals surface area contributed by atoms with Gasteiger partial charge >= 0.3 is 0 Å². The molecule has 3 aromatic heterocycles. The summed E-state index contributed by atoms with van der Waals surface area (Å²) >= 11 is 8.57. The van der Waals surface area contributed by atoms with Gasteiger partial charge in [-0.1, -0.05) is 23.3 Å². The van der Waals surface area contributed by atoms with Crippen molar-refractivity contribution < 1.29 is 9.32 Å². The lowest BCUT2D eigenvalue weighted by molar-refractivity contribution is -0.130. The maximum atomic E-state index is 12.6. The summed E-state index contributed by atoms with van der Waals surface area (Å²) in [5.74, 6) is 1.84. The van der Waals surface area contributed by atoms with E-state index < -0.39 is 5.41 Å². The Hall–Kier alpha value is -3.73. The van der Waals surface area contributed by atoms with Gasteiger partial charge in [0.25, 0.3) is 0 Å². The SMILES string of the molecule is C=CC(=O)N1[C@@H](C)CN(c2nc(-c3noc([C@@]4(C)CCCc5sc(N)c(C#N)c54)n3)nc(N[C@@H](C)[C@@H]3CCCN3C)c2Cl)C[C@@H]1C. The van der Waals surface area contributed by atoms with Crippen LogP contribution in [0.2, 0.25) is 5.02 Å². The van der Waals surface area contributed by atoms with Crippen LogP contribution in [0.15, 0.2) is 17.2 Å². The number of likely N-dealkylation sites (N-methyl/N-ethyl adjacent to an activating group) is 1. The molecule has 0 spiro atoms. The number of hydrogen-bond acceptors (Lipinski definition) is 12. The van der Waals surface area contributed by atoms with Gasteiger partial charge in [-0.15, -0.1) is 11.3 Å². The van der Waals surface area contributed by atoms with E-state index in [1.807, 2.05) is 25.7 Å². The summed E-state index contributed by atoms with van der Waals surface area (Å²) in [6.07, 6.45) is 6.08. The van der Waals surface area contributed by atoms with Gasteiger partial charge < -0.3 is 30.3 Å². The van der Waals surface area contributed by atoms with Crippen molar-refractivity contribution in [2.45, 2.75) is 89.4 Å². The number of carbonyl (C=O) groups excluding carboxylic acids is 1. The second-order valence-corrected chi connectivity index (χ2v) is 14.6. The lowest BCUT2D eigenvalue weighted by atomic mass is 9.72. The monoisotopic (exact) mass is 664 g/mol. The normalized spacial score (nSPS) is 25.6. The summed E-state index contributed by atoms with van der Waals surface area (Å²) in [4.78, 5) is 34.6. The van der Waals surface area contributed by atoms with Gasteiger partial charge in [0, 0.05) is 47.7 Å². The number of nitriles is 1. The molecule has 14 heteroatoms. The molecular weight excluding hydrogens is 624 g/mol. The molecule has 1 amide bonds. The fourth-order valence-corrected chi connectivity index (χ4v) is 9.05. The lowest BCUT2D eigenvalue weighted by Crippen LogP contribution is -2.58. The number of thiophene rings is 1. The van der Waals surface area contributed by atoms with E-state index in [0.717, 1.165) is 49.1 Å². The van der Waals surface area contributed by atoms with E-state index in [2.05, 4.69) is 46.9 Å². The smallest absolute Gasteiger partial charge is 0.246 e. The average Bonchev–Trinajstić information content (AvgIpc) is 3.76. The van der Waals surface area contributed by atoms with Gasteiger partial charge in [0.05, 0.1) is 11.0 Å². The molecule has 2 saturated heterocycles. The lowest BCUT2D eigenvalue weighted by Gasteiger charge is -2.44. The van der Waals surface area contributed by atoms with Crippen molar-refractivity contribution in [1.82, 2.24) is 29.9 Å². The molecule has 0 unspecified atom stereocenters. The fraction of sp³-hybridized carbons (Fsp3) is 0.562. The molecule has 0 bridgehead atoms. The molecule has 2 aliphatic heterocycles. The standard InChI is InChI=1S/C32H41ClN10O2S/c1-7-23(44)43-17(2)15-42(16-18(43)3)30-25(33)27(36-19(4)21-10-9-13-41(21)6)37-28(38-30)29-39-31(45-40-29)32(5)12-8-11-22-24(32)20(14-34)26(35)46-22/h7,17-19,21H,1,8-13,15-16,35H2,2-6H3,(H,36,37,38)/t17-,18-,19-,21-,32-/m0/s1. The number of carbonyl (C=O) groups is 1. The number of hydrogen-bond donors (Lipinski definition) is 2. The first-order chi connectivity index (χ1) is 22.0. The van der Waals surface area contributed by atoms with Crippen LogP contribution < -0.4 is 16.0 Å². The molecule has 1 aliphatic carbocycles. The van der Waals surface area contributed by atoms with Crippen molar-refractivity contribution in [3.63, 3.8) is 0 Å². The first-order valence-electron chi connectivity index (χ1n) is 15.9. The van der Waals surface area contributed by atoms with Crippen LogP contribution in [-0.2, 0) is 16.6 Å². The molecule has 12 nitrogen and oxygen atoms in total. The van der Waals surface area contributed by atoms with E-state index in [1.165, 1.54) is 17.4 Å². The molecule has 5 heterocycles.